The van der Waals surface area contributed by atoms with E-state index in [1.165, 1.54) is 0 Å². The quantitative estimate of drug-likeness (QED) is 0.250. The minimum atomic E-state index is 0.745. The monoisotopic (exact) mass is 153 g/mol. The van der Waals surface area contributed by atoms with E-state index < -0.39 is 0 Å². The average molecular weight is 153 g/mol. The molecule has 3 nitrogen and oxygen atoms in total. The van der Waals surface area contributed by atoms with Crippen LogP contribution < -0.4 is 0 Å². The number of nitrogens with zero attached hydrogens (tertiary/aromatic N) is 3. The van der Waals surface area contributed by atoms with Crippen LogP contribution in [0.5, 0.6) is 0 Å². The van der Waals surface area contributed by atoms with Gasteiger partial charge in [0.1, 0.15) is 20.5 Å². The van der Waals surface area contributed by atoms with Crippen molar-refractivity contribution < 1.29 is 4.58 Å². The summed E-state index contributed by atoms with van der Waals surface area (Å²) < 4.78 is 1.99. The fourth-order valence-electron chi connectivity index (χ4n) is 0.463. The Morgan fingerprint density at radius 2 is 2.27 bits per heavy atom. The molecule has 0 heterocycles. The van der Waals surface area contributed by atoms with Crippen LogP contribution in [0.4, 0.5) is 0 Å². The van der Waals surface area contributed by atoms with E-state index in [4.69, 9.17) is 0 Å². The highest BCUT2D eigenvalue weighted by molar-refractivity contribution is 5.53. The van der Waals surface area contributed by atoms with Gasteiger partial charge in [0.2, 0.25) is 0 Å². The Morgan fingerprint density at radius 3 is 2.82 bits per heavy atom. The van der Waals surface area contributed by atoms with E-state index in [1.54, 1.807) is 6.54 Å². The molecular weight excluding hydrogens is 138 g/mol. The van der Waals surface area contributed by atoms with Gasteiger partial charge in [-0.25, -0.2) is 4.58 Å². The van der Waals surface area contributed by atoms with Gasteiger partial charge in [-0.15, -0.1) is 4.99 Å². The molecule has 3 heteroatoms. The van der Waals surface area contributed by atoms with E-state index in [2.05, 4.69) is 16.0 Å². The van der Waals surface area contributed by atoms with Crippen molar-refractivity contribution in [1.82, 2.24) is 0 Å². The van der Waals surface area contributed by atoms with Crippen molar-refractivity contribution in [2.24, 2.45) is 9.98 Å². The van der Waals surface area contributed by atoms with Gasteiger partial charge >= 0.3 is 6.01 Å². The first-order valence-corrected chi connectivity index (χ1v) is 3.70. The van der Waals surface area contributed by atoms with Crippen LogP contribution in [-0.4, -0.2) is 37.4 Å². The second-order valence-electron chi connectivity index (χ2n) is 2.27. The van der Waals surface area contributed by atoms with Crippen LogP contribution in [0.15, 0.2) is 9.98 Å². The normalized spacial score (nSPS) is 7.91. The van der Waals surface area contributed by atoms with Gasteiger partial charge in [-0.1, -0.05) is 0 Å². The van der Waals surface area contributed by atoms with E-state index in [0.717, 1.165) is 13.0 Å². The molecule has 0 aliphatic rings. The first kappa shape index (κ1) is 9.92. The Kier molecular flexibility index (Phi) is 6.34. The van der Waals surface area contributed by atoms with Crippen molar-refractivity contribution in [1.29, 1.82) is 0 Å². The summed E-state index contributed by atoms with van der Waals surface area (Å²) in [6.45, 7) is 4.47. The summed E-state index contributed by atoms with van der Waals surface area (Å²) in [5.74, 6) is 0. The fraction of sp³-hybridized carbons (Fsp3) is 0.625. The number of hydrogen-bond donors (Lipinski definition) is 0. The molecule has 0 spiro atoms. The molecular formula is C8H15N3+2. The Hall–Kier alpha value is -1.08. The molecule has 0 N–H and O–H groups in total. The van der Waals surface area contributed by atoms with E-state index >= 15 is 0 Å². The number of rotatable bonds is 4. The SMILES string of the molecule is CCN=C=N[CH+]CC=[N+](C)C. The second-order valence-corrected chi connectivity index (χ2v) is 2.27. The smallest absolute Gasteiger partial charge is 0.243 e. The largest absolute Gasteiger partial charge is 0.342 e. The van der Waals surface area contributed by atoms with Crippen LogP contribution in [0.1, 0.15) is 13.3 Å². The van der Waals surface area contributed by atoms with Crippen molar-refractivity contribution in [2.45, 2.75) is 13.3 Å². The van der Waals surface area contributed by atoms with Gasteiger partial charge < -0.3 is 0 Å². The van der Waals surface area contributed by atoms with Crippen molar-refractivity contribution in [3.63, 3.8) is 0 Å². The molecule has 0 bridgehead atoms. The molecule has 0 atom stereocenters. The molecule has 0 saturated carbocycles. The summed E-state index contributed by atoms with van der Waals surface area (Å²) >= 11 is 0. The van der Waals surface area contributed by atoms with Crippen LogP contribution in [0.25, 0.3) is 0 Å². The fourth-order valence-corrected chi connectivity index (χ4v) is 0.463. The molecule has 0 aromatic rings. The molecule has 0 aliphatic heterocycles. The Balaban J connectivity index is 3.42. The van der Waals surface area contributed by atoms with E-state index in [9.17, 15) is 0 Å². The Bertz CT molecular complexity index is 172. The average Bonchev–Trinajstić information content (AvgIpc) is 1.96. The van der Waals surface area contributed by atoms with Crippen LogP contribution in [0.2, 0.25) is 0 Å². The molecule has 0 aromatic carbocycles. The summed E-state index contributed by atoms with van der Waals surface area (Å²) in [7, 11) is 3.97. The predicted molar refractivity (Wildman–Crippen MR) is 47.5 cm³/mol. The summed E-state index contributed by atoms with van der Waals surface area (Å²) in [6.07, 6.45) is 2.86. The third-order valence-electron chi connectivity index (χ3n) is 0.954. The number of aliphatic imine (C=N–C) groups is 2. The highest BCUT2D eigenvalue weighted by Gasteiger charge is 1.90. The van der Waals surface area contributed by atoms with Gasteiger partial charge in [-0.05, 0) is 6.92 Å². The molecule has 60 valence electrons. The molecule has 0 radical (unpaired) electrons. The zero-order chi connectivity index (χ0) is 8.53. The van der Waals surface area contributed by atoms with Gasteiger partial charge in [-0.3, -0.25) is 0 Å². The highest BCUT2D eigenvalue weighted by atomic mass is 14.9. The maximum Gasteiger partial charge on any atom is 0.342 e. The summed E-state index contributed by atoms with van der Waals surface area (Å²) in [4.78, 5) is 7.65. The van der Waals surface area contributed by atoms with Crippen molar-refractivity contribution in [3.05, 3.63) is 6.54 Å². The predicted octanol–water partition coefficient (Wildman–Crippen LogP) is 1.07. The maximum absolute atomic E-state index is 3.83. The summed E-state index contributed by atoms with van der Waals surface area (Å²) in [6, 6.07) is 2.56. The van der Waals surface area contributed by atoms with Crippen LogP contribution in [0.3, 0.4) is 0 Å². The molecule has 0 saturated heterocycles. The van der Waals surface area contributed by atoms with Gasteiger partial charge in [0, 0.05) is 4.99 Å². The lowest BCUT2D eigenvalue weighted by molar-refractivity contribution is -0.460. The lowest BCUT2D eigenvalue weighted by Crippen LogP contribution is -1.97. The summed E-state index contributed by atoms with van der Waals surface area (Å²) in [5, 5.41) is 0. The first-order chi connectivity index (χ1) is 5.27. The first-order valence-electron chi connectivity index (χ1n) is 3.70. The van der Waals surface area contributed by atoms with E-state index in [0.29, 0.717) is 0 Å². The van der Waals surface area contributed by atoms with Gasteiger partial charge in [0.25, 0.3) is 0 Å². The summed E-state index contributed by atoms with van der Waals surface area (Å²) in [5.41, 5.74) is 0. The van der Waals surface area contributed by atoms with Gasteiger partial charge in [-0.2, -0.15) is 0 Å². The maximum atomic E-state index is 3.83. The molecule has 0 amide bonds. The molecule has 11 heavy (non-hydrogen) atoms. The zero-order valence-corrected chi connectivity index (χ0v) is 7.41. The van der Waals surface area contributed by atoms with Gasteiger partial charge in [0.05, 0.1) is 6.54 Å². The van der Waals surface area contributed by atoms with Crippen molar-refractivity contribution >= 4 is 12.2 Å². The molecule has 0 fully saturated rings. The zero-order valence-electron chi connectivity index (χ0n) is 7.41. The Morgan fingerprint density at radius 1 is 1.55 bits per heavy atom. The van der Waals surface area contributed by atoms with Gasteiger partial charge in [0.15, 0.2) is 12.8 Å². The molecule has 0 unspecified atom stereocenters. The highest BCUT2D eigenvalue weighted by Crippen LogP contribution is 1.81. The minimum Gasteiger partial charge on any atom is -0.243 e. The van der Waals surface area contributed by atoms with Crippen LogP contribution in [0, 0.1) is 6.54 Å². The van der Waals surface area contributed by atoms with Crippen LogP contribution >= 0.6 is 0 Å². The Labute approximate surface area is 68.2 Å². The number of hydrogen-bond acceptors (Lipinski definition) is 2. The molecule has 0 rings (SSSR count). The van der Waals surface area contributed by atoms with Crippen molar-refractivity contribution in [2.75, 3.05) is 20.6 Å². The topological polar surface area (TPSA) is 27.7 Å². The second kappa shape index (κ2) is 7.03. The van der Waals surface area contributed by atoms with Crippen LogP contribution in [-0.2, 0) is 0 Å². The third kappa shape index (κ3) is 8.92. The standard InChI is InChI=1S/C8H15N3/c1-4-9-8-10-6-5-7-11(2)3/h6-7H,4-5H2,1-3H3/q+2. The molecule has 0 aromatic heterocycles. The van der Waals surface area contributed by atoms with E-state index in [1.807, 2.05) is 31.8 Å². The lowest BCUT2D eigenvalue weighted by Gasteiger charge is -1.77. The third-order valence-corrected chi connectivity index (χ3v) is 0.954. The molecule has 0 aliphatic carbocycles. The van der Waals surface area contributed by atoms with E-state index in [-0.39, 0.29) is 0 Å². The van der Waals surface area contributed by atoms with Crippen molar-refractivity contribution in [3.8, 4) is 0 Å². The lowest BCUT2D eigenvalue weighted by atomic mass is 10.5. The minimum absolute atomic E-state index is 0.745.